The summed E-state index contributed by atoms with van der Waals surface area (Å²) < 4.78 is 12.9. The third-order valence-electron chi connectivity index (χ3n) is 8.20. The molecule has 0 atom stereocenters. The Morgan fingerprint density at radius 3 is 1.41 bits per heavy atom. The molecule has 1 aromatic heterocycles. The summed E-state index contributed by atoms with van der Waals surface area (Å²) in [7, 11) is 0. The molecular formula is C45H36N2O2. The van der Waals surface area contributed by atoms with Gasteiger partial charge in [0.25, 0.3) is 0 Å². The molecule has 0 radical (unpaired) electrons. The maximum Gasteiger partial charge on any atom is 0.129 e. The van der Waals surface area contributed by atoms with Gasteiger partial charge in [0, 0.05) is 17.5 Å². The first kappa shape index (κ1) is 31.3. The van der Waals surface area contributed by atoms with Crippen LogP contribution in [-0.4, -0.2) is 9.97 Å². The Bertz CT molecular complexity index is 2130. The van der Waals surface area contributed by atoms with Crippen LogP contribution in [0.3, 0.4) is 0 Å². The second kappa shape index (κ2) is 15.6. The van der Waals surface area contributed by atoms with E-state index in [0.717, 1.165) is 67.7 Å². The van der Waals surface area contributed by atoms with Crippen LogP contribution in [0.2, 0.25) is 0 Å². The Morgan fingerprint density at radius 2 is 0.857 bits per heavy atom. The van der Waals surface area contributed by atoms with Crippen LogP contribution in [0.1, 0.15) is 33.6 Å². The van der Waals surface area contributed by atoms with Gasteiger partial charge in [-0.3, -0.25) is 0 Å². The lowest BCUT2D eigenvalue weighted by molar-refractivity contribution is 0.307. The van der Waals surface area contributed by atoms with E-state index in [0.29, 0.717) is 19.6 Å². The van der Waals surface area contributed by atoms with Crippen LogP contribution in [0.5, 0.6) is 11.5 Å². The highest BCUT2D eigenvalue weighted by molar-refractivity contribution is 5.82. The van der Waals surface area contributed by atoms with Gasteiger partial charge < -0.3 is 9.47 Å². The Balaban J connectivity index is 1.37. The maximum absolute atomic E-state index is 6.45. The van der Waals surface area contributed by atoms with Crippen LogP contribution in [-0.2, 0) is 19.6 Å². The van der Waals surface area contributed by atoms with Crippen molar-refractivity contribution in [1.82, 2.24) is 9.97 Å². The summed E-state index contributed by atoms with van der Waals surface area (Å²) >= 11 is 0. The fraction of sp³-hybridized carbons (Fsp3) is 0.0667. The van der Waals surface area contributed by atoms with Crippen molar-refractivity contribution in [2.24, 2.45) is 0 Å². The van der Waals surface area contributed by atoms with Crippen LogP contribution in [0.25, 0.3) is 34.7 Å². The molecule has 0 aliphatic carbocycles. The Morgan fingerprint density at radius 1 is 0.408 bits per heavy atom. The number of benzene rings is 6. The minimum Gasteiger partial charge on any atom is -0.488 e. The van der Waals surface area contributed by atoms with Gasteiger partial charge in [-0.1, -0.05) is 152 Å². The SMILES string of the molecule is C(=C\c1nc(-c2ccccc2OCc2ccccc2)c(Cc2ccccc2)nc1-c1ccccc1OCc1ccccc1)/c1ccccc1. The number of nitrogens with zero attached hydrogens (tertiary/aromatic N) is 2. The molecular weight excluding hydrogens is 601 g/mol. The van der Waals surface area contributed by atoms with E-state index in [1.165, 1.54) is 0 Å². The van der Waals surface area contributed by atoms with Crippen LogP contribution in [0, 0.1) is 0 Å². The van der Waals surface area contributed by atoms with Gasteiger partial charge in [-0.25, -0.2) is 9.97 Å². The van der Waals surface area contributed by atoms with E-state index in [1.54, 1.807) is 0 Å². The zero-order valence-electron chi connectivity index (χ0n) is 27.2. The van der Waals surface area contributed by atoms with Gasteiger partial charge in [-0.2, -0.15) is 0 Å². The van der Waals surface area contributed by atoms with E-state index >= 15 is 0 Å². The monoisotopic (exact) mass is 636 g/mol. The first-order valence-electron chi connectivity index (χ1n) is 16.5. The number of rotatable bonds is 12. The molecule has 0 fully saturated rings. The van der Waals surface area contributed by atoms with Gasteiger partial charge in [0.1, 0.15) is 24.7 Å². The molecule has 0 saturated heterocycles. The highest BCUT2D eigenvalue weighted by Gasteiger charge is 2.21. The van der Waals surface area contributed by atoms with Crippen LogP contribution in [0.15, 0.2) is 170 Å². The van der Waals surface area contributed by atoms with E-state index in [2.05, 4.69) is 84.9 Å². The first-order chi connectivity index (χ1) is 24.3. The molecule has 0 bridgehead atoms. The van der Waals surface area contributed by atoms with Gasteiger partial charge >= 0.3 is 0 Å². The predicted molar refractivity (Wildman–Crippen MR) is 199 cm³/mol. The molecule has 0 unspecified atom stereocenters. The van der Waals surface area contributed by atoms with Gasteiger partial charge in [-0.15, -0.1) is 0 Å². The molecule has 238 valence electrons. The highest BCUT2D eigenvalue weighted by Crippen LogP contribution is 2.37. The lowest BCUT2D eigenvalue weighted by atomic mass is 10.0. The molecule has 1 heterocycles. The van der Waals surface area contributed by atoms with Crippen molar-refractivity contribution < 1.29 is 9.47 Å². The molecule has 0 spiro atoms. The second-order valence-electron chi connectivity index (χ2n) is 11.7. The summed E-state index contributed by atoms with van der Waals surface area (Å²) in [5, 5.41) is 0. The molecule has 4 heteroatoms. The fourth-order valence-corrected chi connectivity index (χ4v) is 5.71. The van der Waals surface area contributed by atoms with E-state index in [9.17, 15) is 0 Å². The summed E-state index contributed by atoms with van der Waals surface area (Å²) in [6.07, 6.45) is 4.73. The van der Waals surface area contributed by atoms with E-state index in [-0.39, 0.29) is 0 Å². The molecule has 0 saturated carbocycles. The van der Waals surface area contributed by atoms with Gasteiger partial charge in [-0.05, 0) is 52.6 Å². The standard InChI is InChI=1S/C45H36N2O2/c1-5-17-34(18-6-1)29-30-40-44(38-25-13-15-27-42(38)48-32-36-21-9-3-10-22-36)47-41(31-35-19-7-2-8-20-35)45(46-40)39-26-14-16-28-43(39)49-33-37-23-11-4-12-24-37/h1-30H,31-33H2/b30-29+. The molecule has 7 rings (SSSR count). The Hall–Kier alpha value is -6.26. The lowest BCUT2D eigenvalue weighted by Crippen LogP contribution is -2.06. The third-order valence-corrected chi connectivity index (χ3v) is 8.20. The highest BCUT2D eigenvalue weighted by atomic mass is 16.5. The average molecular weight is 637 g/mol. The molecule has 6 aromatic carbocycles. The Kier molecular flexibility index (Phi) is 9.95. The predicted octanol–water partition coefficient (Wildman–Crippen LogP) is 10.7. The van der Waals surface area contributed by atoms with Crippen molar-refractivity contribution in [2.45, 2.75) is 19.6 Å². The fourth-order valence-electron chi connectivity index (χ4n) is 5.71. The van der Waals surface area contributed by atoms with Crippen LogP contribution >= 0.6 is 0 Å². The lowest BCUT2D eigenvalue weighted by Gasteiger charge is -2.18. The topological polar surface area (TPSA) is 44.2 Å². The van der Waals surface area contributed by atoms with Crippen LogP contribution in [0.4, 0.5) is 0 Å². The molecule has 49 heavy (non-hydrogen) atoms. The third kappa shape index (κ3) is 8.01. The summed E-state index contributed by atoms with van der Waals surface area (Å²) in [4.78, 5) is 10.9. The largest absolute Gasteiger partial charge is 0.488 e. The minimum absolute atomic E-state index is 0.446. The normalized spacial score (nSPS) is 11.0. The van der Waals surface area contributed by atoms with Crippen molar-refractivity contribution in [3.63, 3.8) is 0 Å². The number of ether oxygens (including phenoxy) is 2. The van der Waals surface area contributed by atoms with Crippen molar-refractivity contribution in [2.75, 3.05) is 0 Å². The van der Waals surface area contributed by atoms with Gasteiger partial charge in [0.2, 0.25) is 0 Å². The summed E-state index contributed by atoms with van der Waals surface area (Å²) in [5.41, 5.74) is 9.33. The molecule has 7 aromatic rings. The summed E-state index contributed by atoms with van der Waals surface area (Å²) in [5.74, 6) is 1.51. The zero-order valence-corrected chi connectivity index (χ0v) is 27.2. The minimum atomic E-state index is 0.446. The zero-order chi connectivity index (χ0) is 33.1. The first-order valence-corrected chi connectivity index (χ1v) is 16.5. The van der Waals surface area contributed by atoms with E-state index in [4.69, 9.17) is 19.4 Å². The number of hydrogen-bond acceptors (Lipinski definition) is 4. The molecule has 0 aliphatic rings. The van der Waals surface area contributed by atoms with Crippen molar-refractivity contribution in [3.8, 4) is 34.0 Å². The molecule has 4 nitrogen and oxygen atoms in total. The number of para-hydroxylation sites is 2. The smallest absolute Gasteiger partial charge is 0.129 e. The maximum atomic E-state index is 6.45. The Labute approximate surface area is 288 Å². The summed E-state index contributed by atoms with van der Waals surface area (Å²) in [6.45, 7) is 0.895. The van der Waals surface area contributed by atoms with Gasteiger partial charge in [0.05, 0.1) is 22.8 Å². The van der Waals surface area contributed by atoms with Crippen molar-refractivity contribution in [1.29, 1.82) is 0 Å². The van der Waals surface area contributed by atoms with E-state index in [1.807, 2.05) is 97.1 Å². The molecule has 0 amide bonds. The molecule has 0 aliphatic heterocycles. The van der Waals surface area contributed by atoms with Crippen LogP contribution < -0.4 is 9.47 Å². The van der Waals surface area contributed by atoms with E-state index < -0.39 is 0 Å². The number of aromatic nitrogens is 2. The number of hydrogen-bond donors (Lipinski definition) is 0. The quantitative estimate of drug-likeness (QED) is 0.134. The van der Waals surface area contributed by atoms with Gasteiger partial charge in [0.15, 0.2) is 0 Å². The van der Waals surface area contributed by atoms with Crippen molar-refractivity contribution >= 4 is 12.2 Å². The summed E-state index contributed by atoms with van der Waals surface area (Å²) in [6, 6.07) is 57.3. The average Bonchev–Trinajstić information content (AvgIpc) is 3.17. The molecule has 0 N–H and O–H groups in total. The second-order valence-corrected chi connectivity index (χ2v) is 11.7. The van der Waals surface area contributed by atoms with Crippen molar-refractivity contribution in [3.05, 3.63) is 203 Å².